The van der Waals surface area contributed by atoms with E-state index in [9.17, 15) is 14.0 Å². The van der Waals surface area contributed by atoms with Crippen molar-refractivity contribution < 1.29 is 18.7 Å². The Morgan fingerprint density at radius 1 is 1.12 bits per heavy atom. The van der Waals surface area contributed by atoms with Crippen LogP contribution in [0.5, 0.6) is 0 Å². The molecule has 1 aromatic heterocycles. The van der Waals surface area contributed by atoms with Gasteiger partial charge in [0.1, 0.15) is 11.9 Å². The van der Waals surface area contributed by atoms with Crippen LogP contribution in [0.3, 0.4) is 0 Å². The number of aromatic nitrogens is 1. The summed E-state index contributed by atoms with van der Waals surface area (Å²) < 4.78 is 19.4. The lowest BCUT2D eigenvalue weighted by molar-refractivity contribution is -0.144. The van der Waals surface area contributed by atoms with Gasteiger partial charge in [0.05, 0.1) is 11.6 Å². The van der Waals surface area contributed by atoms with E-state index in [0.29, 0.717) is 17.8 Å². The molecule has 0 bridgehead atoms. The van der Waals surface area contributed by atoms with E-state index in [1.807, 2.05) is 25.1 Å². The van der Waals surface area contributed by atoms with Crippen LogP contribution < -0.4 is 10.6 Å². The van der Waals surface area contributed by atoms with Crippen LogP contribution in [0.4, 0.5) is 4.39 Å². The summed E-state index contributed by atoms with van der Waals surface area (Å²) in [6.07, 6.45) is 12.0. The summed E-state index contributed by atoms with van der Waals surface area (Å²) >= 11 is 0. The third-order valence-corrected chi connectivity index (χ3v) is 9.97. The van der Waals surface area contributed by atoms with Gasteiger partial charge in [-0.3, -0.25) is 14.6 Å². The standard InChI is InChI=1S/C33H40FN3O3/c1-20-31-29(10-8-27-7-6-24(19-36-27)23-3-2-4-26(34)16-23)28-9-5-21(15-25(28)17-30(31)33(39)40-20)18-37-32(38)22-11-13-35-14-12-22/h2-4,6-8,10,16,19-22,25,28-31,35H,5,9,11-15,17-18H2,1H3,(H,37,38)/b10-8+/t20-,21-,25+,28-,29+,30-,31+/m1/s1. The zero-order chi connectivity index (χ0) is 27.6. The van der Waals surface area contributed by atoms with Crippen molar-refractivity contribution in [1.82, 2.24) is 15.6 Å². The molecule has 2 aliphatic heterocycles. The Bertz CT molecular complexity index is 1240. The minimum absolute atomic E-state index is 0.0479. The molecule has 4 aliphatic rings. The van der Waals surface area contributed by atoms with Gasteiger partial charge < -0.3 is 15.4 Å². The number of nitrogens with one attached hydrogen (secondary N) is 2. The molecule has 3 heterocycles. The minimum atomic E-state index is -0.260. The van der Waals surface area contributed by atoms with E-state index in [1.54, 1.807) is 12.3 Å². The predicted octanol–water partition coefficient (Wildman–Crippen LogP) is 5.25. The fraction of sp³-hybridized carbons (Fsp3) is 0.545. The third kappa shape index (κ3) is 5.71. The number of halogens is 1. The molecule has 1 amide bonds. The molecule has 7 heteroatoms. The van der Waals surface area contributed by atoms with E-state index in [2.05, 4.69) is 27.8 Å². The maximum absolute atomic E-state index is 13.7. The number of benzene rings is 1. The summed E-state index contributed by atoms with van der Waals surface area (Å²) in [7, 11) is 0. The van der Waals surface area contributed by atoms with Gasteiger partial charge in [0.15, 0.2) is 0 Å². The van der Waals surface area contributed by atoms with E-state index in [0.717, 1.165) is 75.0 Å². The highest BCUT2D eigenvalue weighted by molar-refractivity contribution is 5.78. The number of carbonyl (C=O) groups excluding carboxylic acids is 2. The molecule has 6 nitrogen and oxygen atoms in total. The summed E-state index contributed by atoms with van der Waals surface area (Å²) in [5.41, 5.74) is 2.54. The second-order valence-electron chi connectivity index (χ2n) is 12.4. The maximum atomic E-state index is 13.7. The highest BCUT2D eigenvalue weighted by Crippen LogP contribution is 2.54. The summed E-state index contributed by atoms with van der Waals surface area (Å²) in [5, 5.41) is 6.58. The molecule has 2 aliphatic carbocycles. The van der Waals surface area contributed by atoms with Crippen molar-refractivity contribution in [3.05, 3.63) is 60.2 Å². The summed E-state index contributed by atoms with van der Waals surface area (Å²) in [6, 6.07) is 10.5. The van der Waals surface area contributed by atoms with Gasteiger partial charge in [0.2, 0.25) is 5.91 Å². The minimum Gasteiger partial charge on any atom is -0.462 e. The molecule has 212 valence electrons. The molecule has 0 spiro atoms. The van der Waals surface area contributed by atoms with Gasteiger partial charge in [0, 0.05) is 30.1 Å². The zero-order valence-electron chi connectivity index (χ0n) is 23.2. The van der Waals surface area contributed by atoms with Crippen LogP contribution >= 0.6 is 0 Å². The first-order chi connectivity index (χ1) is 19.5. The fourth-order valence-corrected chi connectivity index (χ4v) is 7.92. The number of cyclic esters (lactones) is 1. The molecule has 2 N–H and O–H groups in total. The van der Waals surface area contributed by atoms with Gasteiger partial charge in [-0.05, 0) is 112 Å². The first kappa shape index (κ1) is 27.1. The Morgan fingerprint density at radius 3 is 2.75 bits per heavy atom. The Hall–Kier alpha value is -3.06. The van der Waals surface area contributed by atoms with Crippen LogP contribution in [0.25, 0.3) is 17.2 Å². The fourth-order valence-electron chi connectivity index (χ4n) is 7.92. The zero-order valence-corrected chi connectivity index (χ0v) is 23.2. The Labute approximate surface area is 236 Å². The quantitative estimate of drug-likeness (QED) is 0.485. The first-order valence-electron chi connectivity index (χ1n) is 15.1. The number of allylic oxidation sites excluding steroid dienone is 1. The van der Waals surface area contributed by atoms with Crippen LogP contribution in [0.15, 0.2) is 48.7 Å². The highest BCUT2D eigenvalue weighted by Gasteiger charge is 2.54. The topological polar surface area (TPSA) is 80.3 Å². The third-order valence-electron chi connectivity index (χ3n) is 9.97. The first-order valence-corrected chi connectivity index (χ1v) is 15.1. The Balaban J connectivity index is 1.14. The van der Waals surface area contributed by atoms with Gasteiger partial charge in [-0.15, -0.1) is 0 Å². The molecule has 6 rings (SSSR count). The van der Waals surface area contributed by atoms with E-state index in [-0.39, 0.29) is 47.5 Å². The number of nitrogens with zero attached hydrogens (tertiary/aromatic N) is 1. The largest absolute Gasteiger partial charge is 0.462 e. The number of piperidine rings is 1. The smallest absolute Gasteiger partial charge is 0.309 e. The van der Waals surface area contributed by atoms with Crippen LogP contribution in [0.2, 0.25) is 0 Å². The van der Waals surface area contributed by atoms with Crippen molar-refractivity contribution >= 4 is 18.0 Å². The molecule has 1 aromatic carbocycles. The number of esters is 1. The second kappa shape index (κ2) is 11.8. The number of ether oxygens (including phenoxy) is 1. The SMILES string of the molecule is C[C@H]1OC(=O)[C@@H]2C[C@@H]3C[C@H](CNC(=O)C4CCNCC4)CC[C@H]3[C@H](/C=C/c3ccc(-c4cccc(F)c4)cn3)[C@H]12. The van der Waals surface area contributed by atoms with Crippen molar-refractivity contribution in [2.24, 2.45) is 41.4 Å². The van der Waals surface area contributed by atoms with Gasteiger partial charge in [-0.1, -0.05) is 24.3 Å². The van der Waals surface area contributed by atoms with Crippen molar-refractivity contribution in [3.63, 3.8) is 0 Å². The number of rotatable bonds is 6. The summed E-state index contributed by atoms with van der Waals surface area (Å²) in [6.45, 7) is 4.62. The molecule has 2 saturated carbocycles. The monoisotopic (exact) mass is 545 g/mol. The van der Waals surface area contributed by atoms with Gasteiger partial charge >= 0.3 is 5.97 Å². The number of hydrogen-bond acceptors (Lipinski definition) is 5. The normalized spacial score (nSPS) is 32.4. The summed E-state index contributed by atoms with van der Waals surface area (Å²) in [4.78, 5) is 30.2. The number of fused-ring (bicyclic) bond motifs is 2. The molecule has 2 aromatic rings. The molecular formula is C33H40FN3O3. The number of carbonyl (C=O) groups is 2. The molecular weight excluding hydrogens is 505 g/mol. The average Bonchev–Trinajstić information content (AvgIpc) is 3.27. The van der Waals surface area contributed by atoms with E-state index < -0.39 is 0 Å². The molecule has 2 saturated heterocycles. The lowest BCUT2D eigenvalue weighted by Crippen LogP contribution is -2.46. The number of amides is 1. The Kier molecular flexibility index (Phi) is 8.01. The molecule has 7 atom stereocenters. The van der Waals surface area contributed by atoms with Crippen molar-refractivity contribution in [2.75, 3.05) is 19.6 Å². The van der Waals surface area contributed by atoms with Crippen molar-refractivity contribution in [2.45, 2.75) is 51.6 Å². The Morgan fingerprint density at radius 2 is 1.98 bits per heavy atom. The predicted molar refractivity (Wildman–Crippen MR) is 152 cm³/mol. The van der Waals surface area contributed by atoms with Crippen LogP contribution in [0.1, 0.15) is 51.1 Å². The van der Waals surface area contributed by atoms with E-state index >= 15 is 0 Å². The van der Waals surface area contributed by atoms with Crippen molar-refractivity contribution in [1.29, 1.82) is 0 Å². The molecule has 0 unspecified atom stereocenters. The van der Waals surface area contributed by atoms with Crippen molar-refractivity contribution in [3.8, 4) is 11.1 Å². The van der Waals surface area contributed by atoms with Gasteiger partial charge in [0.25, 0.3) is 0 Å². The number of pyridine rings is 1. The lowest BCUT2D eigenvalue weighted by atomic mass is 9.56. The second-order valence-corrected chi connectivity index (χ2v) is 12.4. The van der Waals surface area contributed by atoms with Gasteiger partial charge in [-0.2, -0.15) is 0 Å². The van der Waals surface area contributed by atoms with Crippen LogP contribution in [0, 0.1) is 47.2 Å². The lowest BCUT2D eigenvalue weighted by Gasteiger charge is -2.47. The molecule has 0 radical (unpaired) electrons. The van der Waals surface area contributed by atoms with Crippen LogP contribution in [-0.4, -0.2) is 42.6 Å². The average molecular weight is 546 g/mol. The van der Waals surface area contributed by atoms with E-state index in [1.165, 1.54) is 12.1 Å². The maximum Gasteiger partial charge on any atom is 0.309 e. The number of hydrogen-bond donors (Lipinski definition) is 2. The molecule has 4 fully saturated rings. The highest BCUT2D eigenvalue weighted by atomic mass is 19.1. The van der Waals surface area contributed by atoms with Crippen LogP contribution in [-0.2, 0) is 14.3 Å². The summed E-state index contributed by atoms with van der Waals surface area (Å²) in [5.74, 6) is 1.82. The molecule has 40 heavy (non-hydrogen) atoms. The van der Waals surface area contributed by atoms with Gasteiger partial charge in [-0.25, -0.2) is 4.39 Å². The van der Waals surface area contributed by atoms with E-state index in [4.69, 9.17) is 4.74 Å².